The Morgan fingerprint density at radius 1 is 1.00 bits per heavy atom. The van der Waals surface area contributed by atoms with Gasteiger partial charge in [0.2, 0.25) is 5.91 Å². The van der Waals surface area contributed by atoms with Gasteiger partial charge in [-0.1, -0.05) is 39.0 Å². The van der Waals surface area contributed by atoms with E-state index in [0.29, 0.717) is 12.8 Å². The maximum atomic E-state index is 12.8. The average Bonchev–Trinajstić information content (AvgIpc) is 2.62. The van der Waals surface area contributed by atoms with Crippen LogP contribution in [0.4, 0.5) is 5.69 Å². The molecule has 21 heavy (non-hydrogen) atoms. The van der Waals surface area contributed by atoms with Gasteiger partial charge in [0, 0.05) is 5.69 Å². The van der Waals surface area contributed by atoms with Crippen LogP contribution in [0.25, 0.3) is 0 Å². The summed E-state index contributed by atoms with van der Waals surface area (Å²) in [5, 5.41) is 12.5. The third kappa shape index (κ3) is 2.13. The third-order valence-electron chi connectivity index (χ3n) is 5.89. The van der Waals surface area contributed by atoms with E-state index in [1.165, 1.54) is 0 Å². The second kappa shape index (κ2) is 4.86. The smallest absolute Gasteiger partial charge is 0.309 e. The summed E-state index contributed by atoms with van der Waals surface area (Å²) in [7, 11) is 0. The minimum atomic E-state index is -0.893. The lowest BCUT2D eigenvalue weighted by atomic mass is 9.59. The molecule has 2 atom stereocenters. The first kappa shape index (κ1) is 15.5. The van der Waals surface area contributed by atoms with E-state index in [0.717, 1.165) is 5.69 Å². The molecule has 0 bridgehead atoms. The number of carboxylic acids is 1. The van der Waals surface area contributed by atoms with Crippen LogP contribution >= 0.6 is 0 Å². The Hall–Kier alpha value is -1.84. The number of carboxylic acid groups (broad SMARTS) is 1. The maximum absolute atomic E-state index is 12.8. The van der Waals surface area contributed by atoms with Crippen LogP contribution < -0.4 is 5.32 Å². The summed E-state index contributed by atoms with van der Waals surface area (Å²) >= 11 is 0. The van der Waals surface area contributed by atoms with Crippen molar-refractivity contribution in [3.05, 3.63) is 30.3 Å². The van der Waals surface area contributed by atoms with Gasteiger partial charge in [0.05, 0.1) is 10.8 Å². The van der Waals surface area contributed by atoms with E-state index in [1.807, 2.05) is 51.1 Å². The zero-order valence-corrected chi connectivity index (χ0v) is 13.1. The number of hydrogen-bond acceptors (Lipinski definition) is 2. The quantitative estimate of drug-likeness (QED) is 0.894. The minimum Gasteiger partial charge on any atom is -0.481 e. The lowest BCUT2D eigenvalue weighted by molar-refractivity contribution is -0.157. The summed E-state index contributed by atoms with van der Waals surface area (Å²) in [6, 6.07) is 9.27. The highest BCUT2D eigenvalue weighted by Gasteiger charge is 2.64. The SMILES string of the molecule is CC1(C(=O)O)CCC(C)(C(=O)Nc2ccccc2)C1(C)C. The van der Waals surface area contributed by atoms with Gasteiger partial charge in [0.15, 0.2) is 0 Å². The topological polar surface area (TPSA) is 66.4 Å². The van der Waals surface area contributed by atoms with Crippen molar-refractivity contribution in [3.63, 3.8) is 0 Å². The molecule has 0 aliphatic heterocycles. The van der Waals surface area contributed by atoms with E-state index in [2.05, 4.69) is 5.32 Å². The Bertz CT molecular complexity index is 567. The highest BCUT2D eigenvalue weighted by Crippen LogP contribution is 2.62. The van der Waals surface area contributed by atoms with E-state index in [9.17, 15) is 14.7 Å². The number of carbonyl (C=O) groups is 2. The van der Waals surface area contributed by atoms with Crippen molar-refractivity contribution in [2.45, 2.75) is 40.5 Å². The fourth-order valence-corrected chi connectivity index (χ4v) is 3.30. The molecule has 1 saturated carbocycles. The van der Waals surface area contributed by atoms with E-state index < -0.39 is 22.2 Å². The number of carbonyl (C=O) groups excluding carboxylic acids is 1. The van der Waals surface area contributed by atoms with Crippen LogP contribution in [-0.4, -0.2) is 17.0 Å². The van der Waals surface area contributed by atoms with Crippen LogP contribution in [0.5, 0.6) is 0 Å². The molecule has 2 N–H and O–H groups in total. The fourth-order valence-electron chi connectivity index (χ4n) is 3.30. The summed E-state index contributed by atoms with van der Waals surface area (Å²) in [4.78, 5) is 24.4. The molecule has 1 aromatic carbocycles. The second-order valence-electron chi connectivity index (χ2n) is 6.91. The Morgan fingerprint density at radius 3 is 2.00 bits per heavy atom. The highest BCUT2D eigenvalue weighted by molar-refractivity contribution is 5.97. The lowest BCUT2D eigenvalue weighted by Gasteiger charge is -2.44. The molecule has 0 aromatic heterocycles. The van der Waals surface area contributed by atoms with Crippen molar-refractivity contribution < 1.29 is 14.7 Å². The maximum Gasteiger partial charge on any atom is 0.309 e. The molecule has 2 rings (SSSR count). The number of amides is 1. The van der Waals surface area contributed by atoms with Crippen molar-refractivity contribution in [1.82, 2.24) is 0 Å². The number of aliphatic carboxylic acids is 1. The van der Waals surface area contributed by atoms with E-state index in [1.54, 1.807) is 6.92 Å². The normalized spacial score (nSPS) is 30.9. The summed E-state index contributed by atoms with van der Waals surface area (Å²) < 4.78 is 0. The standard InChI is InChI=1S/C17H23NO3/c1-15(2)16(3,10-11-17(15,4)14(20)21)13(19)18-12-8-6-5-7-9-12/h5-9H,10-11H2,1-4H3,(H,18,19)(H,20,21). The first-order chi connectivity index (χ1) is 9.65. The molecule has 4 heteroatoms. The first-order valence-electron chi connectivity index (χ1n) is 7.25. The van der Waals surface area contributed by atoms with Gasteiger partial charge < -0.3 is 10.4 Å². The van der Waals surface area contributed by atoms with Gasteiger partial charge >= 0.3 is 5.97 Å². The van der Waals surface area contributed by atoms with Crippen LogP contribution in [0, 0.1) is 16.2 Å². The molecule has 0 saturated heterocycles. The molecule has 114 valence electrons. The minimum absolute atomic E-state index is 0.108. The molecule has 1 aromatic rings. The molecule has 4 nitrogen and oxygen atoms in total. The molecular formula is C17H23NO3. The van der Waals surface area contributed by atoms with Crippen LogP contribution in [0.15, 0.2) is 30.3 Å². The molecule has 1 aliphatic rings. The van der Waals surface area contributed by atoms with Gasteiger partial charge in [-0.25, -0.2) is 0 Å². The predicted octanol–water partition coefficient (Wildman–Crippen LogP) is 3.54. The fraction of sp³-hybridized carbons (Fsp3) is 0.529. The van der Waals surface area contributed by atoms with Gasteiger partial charge in [-0.05, 0) is 37.3 Å². The van der Waals surface area contributed by atoms with Gasteiger partial charge in [-0.3, -0.25) is 9.59 Å². The van der Waals surface area contributed by atoms with Crippen LogP contribution in [0.2, 0.25) is 0 Å². The van der Waals surface area contributed by atoms with Crippen molar-refractivity contribution in [2.75, 3.05) is 5.32 Å². The Morgan fingerprint density at radius 2 is 1.52 bits per heavy atom. The van der Waals surface area contributed by atoms with E-state index >= 15 is 0 Å². The predicted molar refractivity (Wildman–Crippen MR) is 81.9 cm³/mol. The Kier molecular flexibility index (Phi) is 3.60. The second-order valence-corrected chi connectivity index (χ2v) is 6.91. The third-order valence-corrected chi connectivity index (χ3v) is 5.89. The van der Waals surface area contributed by atoms with Gasteiger partial charge in [-0.2, -0.15) is 0 Å². The van der Waals surface area contributed by atoms with Crippen LogP contribution in [-0.2, 0) is 9.59 Å². The number of anilines is 1. The molecule has 1 fully saturated rings. The van der Waals surface area contributed by atoms with Gasteiger partial charge in [0.1, 0.15) is 0 Å². The molecule has 1 amide bonds. The Labute approximate surface area is 125 Å². The molecule has 0 radical (unpaired) electrons. The van der Waals surface area contributed by atoms with Crippen molar-refractivity contribution >= 4 is 17.6 Å². The summed E-state index contributed by atoms with van der Waals surface area (Å²) in [6.07, 6.45) is 1.08. The van der Waals surface area contributed by atoms with Gasteiger partial charge in [-0.15, -0.1) is 0 Å². The molecule has 2 unspecified atom stereocenters. The number of para-hydroxylation sites is 1. The monoisotopic (exact) mass is 289 g/mol. The summed E-state index contributed by atoms with van der Waals surface area (Å²) in [6.45, 7) is 7.40. The van der Waals surface area contributed by atoms with Gasteiger partial charge in [0.25, 0.3) is 0 Å². The van der Waals surface area contributed by atoms with Crippen LogP contribution in [0.1, 0.15) is 40.5 Å². The largest absolute Gasteiger partial charge is 0.481 e. The molecule has 1 aliphatic carbocycles. The summed E-state index contributed by atoms with van der Waals surface area (Å²) in [5.74, 6) is -0.938. The Balaban J connectivity index is 2.31. The zero-order valence-electron chi connectivity index (χ0n) is 13.1. The molecule has 0 heterocycles. The number of hydrogen-bond donors (Lipinski definition) is 2. The molecule has 0 spiro atoms. The first-order valence-corrected chi connectivity index (χ1v) is 7.25. The van der Waals surface area contributed by atoms with E-state index in [4.69, 9.17) is 0 Å². The highest BCUT2D eigenvalue weighted by atomic mass is 16.4. The number of nitrogens with one attached hydrogen (secondary N) is 1. The van der Waals surface area contributed by atoms with Crippen molar-refractivity contribution in [3.8, 4) is 0 Å². The number of rotatable bonds is 3. The lowest BCUT2D eigenvalue weighted by Crippen LogP contribution is -2.49. The van der Waals surface area contributed by atoms with Crippen molar-refractivity contribution in [2.24, 2.45) is 16.2 Å². The zero-order chi connectivity index (χ0) is 15.9. The molecular weight excluding hydrogens is 266 g/mol. The van der Waals surface area contributed by atoms with Crippen molar-refractivity contribution in [1.29, 1.82) is 0 Å². The summed E-state index contributed by atoms with van der Waals surface area (Å²) in [5.41, 5.74) is -1.50. The number of benzene rings is 1. The average molecular weight is 289 g/mol. The van der Waals surface area contributed by atoms with E-state index in [-0.39, 0.29) is 5.91 Å². The van der Waals surface area contributed by atoms with Crippen LogP contribution in [0.3, 0.4) is 0 Å².